The van der Waals surface area contributed by atoms with E-state index in [0.717, 1.165) is 11.4 Å². The van der Waals surface area contributed by atoms with Crippen LogP contribution in [0.15, 0.2) is 42.5 Å². The van der Waals surface area contributed by atoms with Gasteiger partial charge in [0.05, 0.1) is 12.2 Å². The SMILES string of the molecule is CCOC(=O)c1cccc(Nc2ccc(C)c(C)c2)c1. The molecule has 0 heterocycles. The van der Waals surface area contributed by atoms with Crippen LogP contribution in [-0.4, -0.2) is 12.6 Å². The molecule has 0 fully saturated rings. The van der Waals surface area contributed by atoms with Crippen LogP contribution >= 0.6 is 0 Å². The summed E-state index contributed by atoms with van der Waals surface area (Å²) in [6, 6.07) is 13.5. The van der Waals surface area contributed by atoms with Gasteiger partial charge in [0.2, 0.25) is 0 Å². The average Bonchev–Trinajstić information content (AvgIpc) is 2.43. The summed E-state index contributed by atoms with van der Waals surface area (Å²) in [6.07, 6.45) is 0. The Morgan fingerprint density at radius 3 is 2.50 bits per heavy atom. The number of hydrogen-bond donors (Lipinski definition) is 1. The minimum absolute atomic E-state index is 0.295. The molecule has 0 aliphatic heterocycles. The standard InChI is InChI=1S/C17H19NO2/c1-4-20-17(19)14-6-5-7-15(11-14)18-16-9-8-12(2)13(3)10-16/h5-11,18H,4H2,1-3H3. The van der Waals surface area contributed by atoms with Gasteiger partial charge in [-0.15, -0.1) is 0 Å². The van der Waals surface area contributed by atoms with E-state index in [1.165, 1.54) is 11.1 Å². The molecule has 2 aromatic carbocycles. The molecular formula is C17H19NO2. The molecule has 104 valence electrons. The summed E-state index contributed by atoms with van der Waals surface area (Å²) in [6.45, 7) is 6.35. The Balaban J connectivity index is 2.19. The maximum atomic E-state index is 11.7. The van der Waals surface area contributed by atoms with Crippen LogP contribution in [0, 0.1) is 13.8 Å². The number of benzene rings is 2. The maximum absolute atomic E-state index is 11.7. The molecule has 0 aromatic heterocycles. The highest BCUT2D eigenvalue weighted by atomic mass is 16.5. The molecule has 0 saturated heterocycles. The van der Waals surface area contributed by atoms with Gasteiger partial charge in [0.15, 0.2) is 0 Å². The highest BCUT2D eigenvalue weighted by molar-refractivity contribution is 5.90. The van der Waals surface area contributed by atoms with Crippen LogP contribution < -0.4 is 5.32 Å². The minimum Gasteiger partial charge on any atom is -0.462 e. The molecule has 0 aliphatic rings. The number of ether oxygens (including phenoxy) is 1. The van der Waals surface area contributed by atoms with Crippen molar-refractivity contribution in [3.05, 3.63) is 59.2 Å². The topological polar surface area (TPSA) is 38.3 Å². The molecule has 0 aliphatic carbocycles. The highest BCUT2D eigenvalue weighted by Crippen LogP contribution is 2.20. The van der Waals surface area contributed by atoms with Crippen LogP contribution in [0.25, 0.3) is 0 Å². The second-order valence-corrected chi connectivity index (χ2v) is 4.73. The largest absolute Gasteiger partial charge is 0.462 e. The van der Waals surface area contributed by atoms with Crippen molar-refractivity contribution in [2.75, 3.05) is 11.9 Å². The summed E-state index contributed by atoms with van der Waals surface area (Å²) in [7, 11) is 0. The number of aryl methyl sites for hydroxylation is 2. The fourth-order valence-corrected chi connectivity index (χ4v) is 1.92. The lowest BCUT2D eigenvalue weighted by molar-refractivity contribution is 0.0526. The van der Waals surface area contributed by atoms with Crippen molar-refractivity contribution in [1.82, 2.24) is 0 Å². The quantitative estimate of drug-likeness (QED) is 0.844. The van der Waals surface area contributed by atoms with E-state index in [-0.39, 0.29) is 5.97 Å². The predicted molar refractivity (Wildman–Crippen MR) is 81.6 cm³/mol. The molecule has 0 spiro atoms. The summed E-state index contributed by atoms with van der Waals surface area (Å²) in [5, 5.41) is 3.30. The van der Waals surface area contributed by atoms with Gasteiger partial charge in [0.1, 0.15) is 0 Å². The van der Waals surface area contributed by atoms with Gasteiger partial charge in [0, 0.05) is 11.4 Å². The van der Waals surface area contributed by atoms with Crippen LogP contribution in [0.2, 0.25) is 0 Å². The molecule has 3 nitrogen and oxygen atoms in total. The zero-order valence-electron chi connectivity index (χ0n) is 12.1. The van der Waals surface area contributed by atoms with Gasteiger partial charge in [-0.1, -0.05) is 12.1 Å². The van der Waals surface area contributed by atoms with E-state index in [9.17, 15) is 4.79 Å². The molecular weight excluding hydrogens is 250 g/mol. The lowest BCUT2D eigenvalue weighted by Crippen LogP contribution is -2.04. The second-order valence-electron chi connectivity index (χ2n) is 4.73. The first-order valence-corrected chi connectivity index (χ1v) is 6.71. The van der Waals surface area contributed by atoms with Crippen LogP contribution in [0.1, 0.15) is 28.4 Å². The van der Waals surface area contributed by atoms with Crippen molar-refractivity contribution in [3.8, 4) is 0 Å². The summed E-state index contributed by atoms with van der Waals surface area (Å²) >= 11 is 0. The Hall–Kier alpha value is -2.29. The van der Waals surface area contributed by atoms with E-state index >= 15 is 0 Å². The summed E-state index contributed by atoms with van der Waals surface area (Å²) in [4.78, 5) is 11.7. The number of anilines is 2. The van der Waals surface area contributed by atoms with E-state index in [0.29, 0.717) is 12.2 Å². The maximum Gasteiger partial charge on any atom is 0.338 e. The van der Waals surface area contributed by atoms with Gasteiger partial charge in [-0.05, 0) is 62.2 Å². The van der Waals surface area contributed by atoms with Crippen LogP contribution in [0.5, 0.6) is 0 Å². The first kappa shape index (κ1) is 14.1. The minimum atomic E-state index is -0.295. The number of nitrogens with one attached hydrogen (secondary N) is 1. The lowest BCUT2D eigenvalue weighted by atomic mass is 10.1. The highest BCUT2D eigenvalue weighted by Gasteiger charge is 2.06. The van der Waals surface area contributed by atoms with Gasteiger partial charge in [0.25, 0.3) is 0 Å². The monoisotopic (exact) mass is 269 g/mol. The predicted octanol–water partition coefficient (Wildman–Crippen LogP) is 4.22. The van der Waals surface area contributed by atoms with E-state index in [1.807, 2.05) is 18.2 Å². The normalized spacial score (nSPS) is 10.2. The molecule has 0 radical (unpaired) electrons. The molecule has 0 saturated carbocycles. The van der Waals surface area contributed by atoms with Crippen LogP contribution in [-0.2, 0) is 4.74 Å². The van der Waals surface area contributed by atoms with E-state index in [2.05, 4.69) is 31.3 Å². The molecule has 2 aromatic rings. The molecule has 0 unspecified atom stereocenters. The first-order valence-electron chi connectivity index (χ1n) is 6.71. The Labute approximate surface area is 119 Å². The molecule has 0 atom stereocenters. The van der Waals surface area contributed by atoms with Crippen molar-refractivity contribution in [2.45, 2.75) is 20.8 Å². The van der Waals surface area contributed by atoms with E-state index in [1.54, 1.807) is 19.1 Å². The number of carbonyl (C=O) groups is 1. The van der Waals surface area contributed by atoms with Crippen molar-refractivity contribution < 1.29 is 9.53 Å². The van der Waals surface area contributed by atoms with Crippen molar-refractivity contribution >= 4 is 17.3 Å². The number of carbonyl (C=O) groups excluding carboxylic acids is 1. The third-order valence-corrected chi connectivity index (χ3v) is 3.17. The van der Waals surface area contributed by atoms with Crippen LogP contribution in [0.4, 0.5) is 11.4 Å². The van der Waals surface area contributed by atoms with Gasteiger partial charge in [-0.25, -0.2) is 4.79 Å². The van der Waals surface area contributed by atoms with Gasteiger partial charge >= 0.3 is 5.97 Å². The van der Waals surface area contributed by atoms with E-state index < -0.39 is 0 Å². The molecule has 3 heteroatoms. The average molecular weight is 269 g/mol. The van der Waals surface area contributed by atoms with Crippen LogP contribution in [0.3, 0.4) is 0 Å². The van der Waals surface area contributed by atoms with Gasteiger partial charge in [-0.2, -0.15) is 0 Å². The third-order valence-electron chi connectivity index (χ3n) is 3.17. The molecule has 0 amide bonds. The Morgan fingerprint density at radius 2 is 1.80 bits per heavy atom. The van der Waals surface area contributed by atoms with Gasteiger partial charge < -0.3 is 10.1 Å². The third kappa shape index (κ3) is 3.38. The van der Waals surface area contributed by atoms with Crippen molar-refractivity contribution in [2.24, 2.45) is 0 Å². The Kier molecular flexibility index (Phi) is 4.41. The van der Waals surface area contributed by atoms with Gasteiger partial charge in [-0.3, -0.25) is 0 Å². The second kappa shape index (κ2) is 6.24. The summed E-state index contributed by atoms with van der Waals surface area (Å²) < 4.78 is 5.00. The zero-order chi connectivity index (χ0) is 14.5. The summed E-state index contributed by atoms with van der Waals surface area (Å²) in [5.41, 5.74) is 4.93. The van der Waals surface area contributed by atoms with E-state index in [4.69, 9.17) is 4.74 Å². The van der Waals surface area contributed by atoms with Crippen molar-refractivity contribution in [1.29, 1.82) is 0 Å². The fraction of sp³-hybridized carbons (Fsp3) is 0.235. The Bertz CT molecular complexity index is 620. The molecule has 0 bridgehead atoms. The number of esters is 1. The molecule has 20 heavy (non-hydrogen) atoms. The number of hydrogen-bond acceptors (Lipinski definition) is 3. The lowest BCUT2D eigenvalue weighted by Gasteiger charge is -2.10. The summed E-state index contributed by atoms with van der Waals surface area (Å²) in [5.74, 6) is -0.295. The Morgan fingerprint density at radius 1 is 1.05 bits per heavy atom. The smallest absolute Gasteiger partial charge is 0.338 e. The molecule has 1 N–H and O–H groups in total. The first-order chi connectivity index (χ1) is 9.60. The zero-order valence-corrected chi connectivity index (χ0v) is 12.1. The molecule has 2 rings (SSSR count). The van der Waals surface area contributed by atoms with Crippen molar-refractivity contribution in [3.63, 3.8) is 0 Å². The fourth-order valence-electron chi connectivity index (χ4n) is 1.92. The number of rotatable bonds is 4.